The summed E-state index contributed by atoms with van der Waals surface area (Å²) >= 11 is 1.67. The number of carbonyl (C=O) groups excluding carboxylic acids is 2. The summed E-state index contributed by atoms with van der Waals surface area (Å²) in [4.78, 5) is 38.1. The lowest BCUT2D eigenvalue weighted by molar-refractivity contribution is -0.140. The Bertz CT molecular complexity index is 631. The molecule has 3 fully saturated rings. The fourth-order valence-electron chi connectivity index (χ4n) is 4.33. The van der Waals surface area contributed by atoms with Crippen LogP contribution in [0.4, 0.5) is 5.13 Å². The highest BCUT2D eigenvalue weighted by molar-refractivity contribution is 7.13. The van der Waals surface area contributed by atoms with Gasteiger partial charge in [-0.15, -0.1) is 11.3 Å². The molecular weight excluding hydrogens is 362 g/mol. The highest BCUT2D eigenvalue weighted by atomic mass is 32.1. The molecule has 0 aliphatic carbocycles. The van der Waals surface area contributed by atoms with Crippen molar-refractivity contribution in [3.05, 3.63) is 11.6 Å². The van der Waals surface area contributed by atoms with Crippen LogP contribution < -0.4 is 4.90 Å². The third kappa shape index (κ3) is 4.43. The molecule has 4 heterocycles. The van der Waals surface area contributed by atoms with E-state index >= 15 is 0 Å². The van der Waals surface area contributed by atoms with Crippen molar-refractivity contribution in [3.63, 3.8) is 0 Å². The van der Waals surface area contributed by atoms with E-state index in [1.807, 2.05) is 21.4 Å². The van der Waals surface area contributed by atoms with Crippen LogP contribution in [0, 0.1) is 5.92 Å². The van der Waals surface area contributed by atoms with Gasteiger partial charge in [0, 0.05) is 69.9 Å². The summed E-state index contributed by atoms with van der Waals surface area (Å²) in [6.07, 6.45) is 5.75. The maximum Gasteiger partial charge on any atom is 0.236 e. The Kier molecular flexibility index (Phi) is 5.92. The van der Waals surface area contributed by atoms with E-state index in [-0.39, 0.29) is 11.8 Å². The maximum atomic E-state index is 12.7. The zero-order valence-corrected chi connectivity index (χ0v) is 16.7. The highest BCUT2D eigenvalue weighted by Crippen LogP contribution is 2.23. The van der Waals surface area contributed by atoms with Crippen molar-refractivity contribution >= 4 is 28.3 Å². The first-order valence-corrected chi connectivity index (χ1v) is 11.0. The van der Waals surface area contributed by atoms with Gasteiger partial charge in [-0.05, 0) is 25.7 Å². The first-order valence-electron chi connectivity index (χ1n) is 10.1. The normalized spacial score (nSPS) is 22.4. The van der Waals surface area contributed by atoms with Crippen molar-refractivity contribution < 1.29 is 9.59 Å². The monoisotopic (exact) mass is 391 g/mol. The second kappa shape index (κ2) is 8.56. The molecule has 0 radical (unpaired) electrons. The summed E-state index contributed by atoms with van der Waals surface area (Å²) in [5.41, 5.74) is 0. The number of aromatic nitrogens is 1. The molecule has 0 aromatic carbocycles. The lowest BCUT2D eigenvalue weighted by atomic mass is 9.95. The predicted octanol–water partition coefficient (Wildman–Crippen LogP) is 1.13. The highest BCUT2D eigenvalue weighted by Gasteiger charge is 2.31. The molecule has 0 bridgehead atoms. The number of piperidine rings is 1. The third-order valence-electron chi connectivity index (χ3n) is 6.04. The van der Waals surface area contributed by atoms with Gasteiger partial charge < -0.3 is 14.7 Å². The van der Waals surface area contributed by atoms with Crippen LogP contribution in [0.15, 0.2) is 11.6 Å². The SMILES string of the molecule is O=C(CN1CCN(c2nccs2)CC1)N1CCC(C(=O)N2CCCC2)CC1. The quantitative estimate of drug-likeness (QED) is 0.770. The van der Waals surface area contributed by atoms with Crippen LogP contribution in [0.1, 0.15) is 25.7 Å². The number of hydrogen-bond acceptors (Lipinski definition) is 6. The van der Waals surface area contributed by atoms with Crippen molar-refractivity contribution in [1.29, 1.82) is 0 Å². The van der Waals surface area contributed by atoms with Gasteiger partial charge in [0.05, 0.1) is 6.54 Å². The Balaban J connectivity index is 1.19. The van der Waals surface area contributed by atoms with E-state index in [0.29, 0.717) is 12.5 Å². The standard InChI is InChI=1S/C19H29N5O2S/c25-17(15-21-10-12-24(13-11-21)19-20-5-14-27-19)22-8-3-16(4-9-22)18(26)23-6-1-2-7-23/h5,14,16H,1-4,6-13,15H2. The largest absolute Gasteiger partial charge is 0.346 e. The van der Waals surface area contributed by atoms with Crippen molar-refractivity contribution in [2.75, 3.05) is 63.8 Å². The number of anilines is 1. The summed E-state index contributed by atoms with van der Waals surface area (Å²) in [5, 5.41) is 3.08. The van der Waals surface area contributed by atoms with E-state index in [1.165, 1.54) is 0 Å². The first kappa shape index (κ1) is 18.7. The van der Waals surface area contributed by atoms with Crippen LogP contribution in [0.2, 0.25) is 0 Å². The zero-order chi connectivity index (χ0) is 18.6. The number of nitrogens with zero attached hydrogens (tertiary/aromatic N) is 5. The van der Waals surface area contributed by atoms with Gasteiger partial charge >= 0.3 is 0 Å². The van der Waals surface area contributed by atoms with Crippen LogP contribution in [0.3, 0.4) is 0 Å². The van der Waals surface area contributed by atoms with E-state index in [9.17, 15) is 9.59 Å². The third-order valence-corrected chi connectivity index (χ3v) is 6.87. The Hall–Kier alpha value is -1.67. The summed E-state index contributed by atoms with van der Waals surface area (Å²) in [5.74, 6) is 0.650. The maximum absolute atomic E-state index is 12.7. The molecule has 148 valence electrons. The fourth-order valence-corrected chi connectivity index (χ4v) is 5.03. The van der Waals surface area contributed by atoms with Gasteiger partial charge in [0.15, 0.2) is 5.13 Å². The zero-order valence-electron chi connectivity index (χ0n) is 15.9. The Morgan fingerprint density at radius 3 is 2.30 bits per heavy atom. The molecule has 1 aromatic heterocycles. The van der Waals surface area contributed by atoms with E-state index in [2.05, 4.69) is 14.8 Å². The number of rotatable bonds is 4. The number of likely N-dealkylation sites (tertiary alicyclic amines) is 2. The number of piperazine rings is 1. The molecule has 1 aromatic rings. The average molecular weight is 392 g/mol. The van der Waals surface area contributed by atoms with Gasteiger partial charge in [-0.3, -0.25) is 14.5 Å². The molecule has 3 aliphatic rings. The smallest absolute Gasteiger partial charge is 0.236 e. The molecule has 0 unspecified atom stereocenters. The minimum absolute atomic E-state index is 0.119. The summed E-state index contributed by atoms with van der Waals surface area (Å²) in [6, 6.07) is 0. The number of carbonyl (C=O) groups is 2. The van der Waals surface area contributed by atoms with Gasteiger partial charge in [-0.2, -0.15) is 0 Å². The van der Waals surface area contributed by atoms with E-state index < -0.39 is 0 Å². The molecule has 0 saturated carbocycles. The molecule has 0 N–H and O–H groups in total. The predicted molar refractivity (Wildman–Crippen MR) is 106 cm³/mol. The molecule has 8 heteroatoms. The minimum Gasteiger partial charge on any atom is -0.346 e. The van der Waals surface area contributed by atoms with Crippen molar-refractivity contribution in [1.82, 2.24) is 19.7 Å². The van der Waals surface area contributed by atoms with Crippen molar-refractivity contribution in [3.8, 4) is 0 Å². The molecule has 0 atom stereocenters. The van der Waals surface area contributed by atoms with E-state index in [1.54, 1.807) is 11.3 Å². The first-order chi connectivity index (χ1) is 13.2. The molecule has 7 nitrogen and oxygen atoms in total. The lowest BCUT2D eigenvalue weighted by Crippen LogP contribution is -2.51. The van der Waals surface area contributed by atoms with Crippen LogP contribution in [-0.2, 0) is 9.59 Å². The molecule has 3 aliphatic heterocycles. The molecule has 3 saturated heterocycles. The van der Waals surface area contributed by atoms with Gasteiger partial charge in [0.1, 0.15) is 0 Å². The summed E-state index contributed by atoms with van der Waals surface area (Å²) in [6.45, 7) is 7.43. The Labute approximate surface area is 164 Å². The van der Waals surface area contributed by atoms with Crippen LogP contribution in [-0.4, -0.2) is 90.4 Å². The number of hydrogen-bond donors (Lipinski definition) is 0. The molecule has 2 amide bonds. The van der Waals surface area contributed by atoms with E-state index in [4.69, 9.17) is 0 Å². The van der Waals surface area contributed by atoms with Crippen molar-refractivity contribution in [2.24, 2.45) is 5.92 Å². The molecular formula is C19H29N5O2S. The lowest BCUT2D eigenvalue weighted by Gasteiger charge is -2.37. The van der Waals surface area contributed by atoms with Crippen LogP contribution in [0.5, 0.6) is 0 Å². The van der Waals surface area contributed by atoms with Gasteiger partial charge in [-0.25, -0.2) is 4.98 Å². The Morgan fingerprint density at radius 1 is 0.963 bits per heavy atom. The van der Waals surface area contributed by atoms with Gasteiger partial charge in [0.25, 0.3) is 0 Å². The summed E-state index contributed by atoms with van der Waals surface area (Å²) in [7, 11) is 0. The molecule has 27 heavy (non-hydrogen) atoms. The molecule has 0 spiro atoms. The number of thiazole rings is 1. The van der Waals surface area contributed by atoms with Crippen LogP contribution >= 0.6 is 11.3 Å². The minimum atomic E-state index is 0.119. The number of amides is 2. The summed E-state index contributed by atoms with van der Waals surface area (Å²) < 4.78 is 0. The van der Waals surface area contributed by atoms with Gasteiger partial charge in [-0.1, -0.05) is 0 Å². The van der Waals surface area contributed by atoms with Crippen molar-refractivity contribution in [2.45, 2.75) is 25.7 Å². The average Bonchev–Trinajstić information content (AvgIpc) is 3.42. The van der Waals surface area contributed by atoms with Gasteiger partial charge in [0.2, 0.25) is 11.8 Å². The Morgan fingerprint density at radius 2 is 1.67 bits per heavy atom. The van der Waals surface area contributed by atoms with Crippen LogP contribution in [0.25, 0.3) is 0 Å². The topological polar surface area (TPSA) is 60.0 Å². The molecule has 4 rings (SSSR count). The second-order valence-corrected chi connectivity index (χ2v) is 8.64. The fraction of sp³-hybridized carbons (Fsp3) is 0.737. The second-order valence-electron chi connectivity index (χ2n) is 7.77. The van der Waals surface area contributed by atoms with E-state index in [0.717, 1.165) is 83.2 Å².